The molecular weight excluding hydrogens is 200 g/mol. The van der Waals surface area contributed by atoms with Crippen LogP contribution in [0.5, 0.6) is 0 Å². The fourth-order valence-electron chi connectivity index (χ4n) is 1.77. The summed E-state index contributed by atoms with van der Waals surface area (Å²) in [6, 6.07) is 0. The van der Waals surface area contributed by atoms with Crippen LogP contribution in [0.3, 0.4) is 0 Å². The molecule has 0 spiro atoms. The highest BCUT2D eigenvalue weighted by atomic mass is 16.5. The highest BCUT2D eigenvalue weighted by Crippen LogP contribution is 2.13. The Labute approximate surface area is 100 Å². The third-order valence-electron chi connectivity index (χ3n) is 2.69. The molecule has 0 aromatic heterocycles. The summed E-state index contributed by atoms with van der Waals surface area (Å²) in [5.74, 6) is -0.285. The van der Waals surface area contributed by atoms with Crippen molar-refractivity contribution in [2.24, 2.45) is 0 Å². The van der Waals surface area contributed by atoms with Crippen molar-refractivity contribution in [1.29, 1.82) is 0 Å². The highest BCUT2D eigenvalue weighted by molar-refractivity contribution is 5.81. The fraction of sp³-hybridized carbons (Fsp3) is 0.786. The summed E-state index contributed by atoms with van der Waals surface area (Å²) in [6.07, 6.45) is 10.7. The lowest BCUT2D eigenvalue weighted by Crippen LogP contribution is -2.16. The molecule has 0 rings (SSSR count). The fourth-order valence-corrected chi connectivity index (χ4v) is 1.77. The second-order valence-corrected chi connectivity index (χ2v) is 4.25. The Bertz CT molecular complexity index is 187. The molecule has 0 radical (unpaired) electrons. The van der Waals surface area contributed by atoms with E-state index in [-0.39, 0.29) is 12.1 Å². The van der Waals surface area contributed by atoms with E-state index < -0.39 is 0 Å². The second kappa shape index (κ2) is 10.7. The van der Waals surface area contributed by atoms with E-state index in [0.29, 0.717) is 0 Å². The van der Waals surface area contributed by atoms with E-state index in [1.165, 1.54) is 31.8 Å². The third kappa shape index (κ3) is 8.51. The van der Waals surface area contributed by atoms with E-state index in [4.69, 9.17) is 4.74 Å². The van der Waals surface area contributed by atoms with Crippen LogP contribution in [0.4, 0.5) is 0 Å². The van der Waals surface area contributed by atoms with E-state index in [2.05, 4.69) is 20.4 Å². The summed E-state index contributed by atoms with van der Waals surface area (Å²) in [6.45, 7) is 7.75. The molecule has 0 fully saturated rings. The van der Waals surface area contributed by atoms with Gasteiger partial charge in [-0.05, 0) is 19.3 Å². The number of carbonyl (C=O) groups is 1. The van der Waals surface area contributed by atoms with Gasteiger partial charge in [0.15, 0.2) is 0 Å². The average Bonchev–Trinajstić information content (AvgIpc) is 2.28. The maximum Gasteiger partial charge on any atom is 0.330 e. The Balaban J connectivity index is 3.67. The van der Waals surface area contributed by atoms with Gasteiger partial charge in [0.25, 0.3) is 0 Å². The molecule has 0 aromatic carbocycles. The predicted octanol–water partition coefficient (Wildman–Crippen LogP) is 4.24. The maximum absolute atomic E-state index is 11.1. The molecule has 0 bridgehead atoms. The van der Waals surface area contributed by atoms with Crippen LogP contribution in [0.1, 0.15) is 65.2 Å². The van der Waals surface area contributed by atoms with Crippen LogP contribution in [-0.4, -0.2) is 12.1 Å². The van der Waals surface area contributed by atoms with Gasteiger partial charge in [0.05, 0.1) is 0 Å². The number of unbranched alkanes of at least 4 members (excludes halogenated alkanes) is 4. The van der Waals surface area contributed by atoms with E-state index in [0.717, 1.165) is 25.7 Å². The molecule has 0 N–H and O–H groups in total. The van der Waals surface area contributed by atoms with Gasteiger partial charge in [0.2, 0.25) is 0 Å². The molecule has 1 unspecified atom stereocenters. The first-order valence-corrected chi connectivity index (χ1v) is 6.57. The van der Waals surface area contributed by atoms with Crippen molar-refractivity contribution in [3.05, 3.63) is 12.7 Å². The lowest BCUT2D eigenvalue weighted by molar-refractivity contribution is -0.143. The lowest BCUT2D eigenvalue weighted by atomic mass is 10.1. The number of carbonyl (C=O) groups excluding carboxylic acids is 1. The largest absolute Gasteiger partial charge is 0.459 e. The minimum absolute atomic E-state index is 0.0946. The molecular formula is C14H26O2. The lowest BCUT2D eigenvalue weighted by Gasteiger charge is -2.16. The molecule has 0 aromatic rings. The van der Waals surface area contributed by atoms with Gasteiger partial charge < -0.3 is 4.74 Å². The summed E-state index contributed by atoms with van der Waals surface area (Å²) in [7, 11) is 0. The molecule has 0 saturated carbocycles. The van der Waals surface area contributed by atoms with Crippen LogP contribution in [-0.2, 0) is 9.53 Å². The SMILES string of the molecule is C=CC(=O)OC(CCC)CCCCCCC. The average molecular weight is 226 g/mol. The first kappa shape index (κ1) is 15.2. The number of esters is 1. The number of hydrogen-bond acceptors (Lipinski definition) is 2. The van der Waals surface area contributed by atoms with Crippen molar-refractivity contribution in [2.75, 3.05) is 0 Å². The summed E-state index contributed by atoms with van der Waals surface area (Å²) < 4.78 is 5.29. The molecule has 2 nitrogen and oxygen atoms in total. The van der Waals surface area contributed by atoms with Gasteiger partial charge in [-0.15, -0.1) is 0 Å². The summed E-state index contributed by atoms with van der Waals surface area (Å²) in [5.41, 5.74) is 0. The van der Waals surface area contributed by atoms with Crippen molar-refractivity contribution in [3.63, 3.8) is 0 Å². The Morgan fingerprint density at radius 1 is 1.12 bits per heavy atom. The molecule has 0 heterocycles. The summed E-state index contributed by atoms with van der Waals surface area (Å²) in [4.78, 5) is 11.1. The normalized spacial score (nSPS) is 12.1. The van der Waals surface area contributed by atoms with Gasteiger partial charge in [-0.1, -0.05) is 52.5 Å². The maximum atomic E-state index is 11.1. The summed E-state index contributed by atoms with van der Waals surface area (Å²) >= 11 is 0. The first-order chi connectivity index (χ1) is 7.74. The zero-order valence-electron chi connectivity index (χ0n) is 10.8. The van der Waals surface area contributed by atoms with Crippen molar-refractivity contribution >= 4 is 5.97 Å². The second-order valence-electron chi connectivity index (χ2n) is 4.25. The molecule has 0 amide bonds. The van der Waals surface area contributed by atoms with Crippen molar-refractivity contribution < 1.29 is 9.53 Å². The van der Waals surface area contributed by atoms with Gasteiger partial charge in [-0.2, -0.15) is 0 Å². The standard InChI is InChI=1S/C14H26O2/c1-4-7-8-9-10-12-13(11-5-2)16-14(15)6-3/h6,13H,3-5,7-12H2,1-2H3. The molecule has 0 aliphatic heterocycles. The van der Waals surface area contributed by atoms with Crippen molar-refractivity contribution in [1.82, 2.24) is 0 Å². The van der Waals surface area contributed by atoms with Crippen LogP contribution < -0.4 is 0 Å². The molecule has 0 aliphatic rings. The smallest absolute Gasteiger partial charge is 0.330 e. The van der Waals surface area contributed by atoms with Crippen LogP contribution in [0, 0.1) is 0 Å². The Hall–Kier alpha value is -0.790. The van der Waals surface area contributed by atoms with E-state index in [1.807, 2.05) is 0 Å². The zero-order valence-corrected chi connectivity index (χ0v) is 10.8. The van der Waals surface area contributed by atoms with Crippen LogP contribution >= 0.6 is 0 Å². The predicted molar refractivity (Wildman–Crippen MR) is 68.4 cm³/mol. The van der Waals surface area contributed by atoms with Gasteiger partial charge in [-0.25, -0.2) is 4.79 Å². The van der Waals surface area contributed by atoms with Crippen LogP contribution in [0.15, 0.2) is 12.7 Å². The Kier molecular flexibility index (Phi) is 10.2. The third-order valence-corrected chi connectivity index (χ3v) is 2.69. The highest BCUT2D eigenvalue weighted by Gasteiger charge is 2.10. The molecule has 2 heteroatoms. The van der Waals surface area contributed by atoms with Crippen LogP contribution in [0.25, 0.3) is 0 Å². The first-order valence-electron chi connectivity index (χ1n) is 6.57. The minimum atomic E-state index is -0.285. The van der Waals surface area contributed by atoms with Crippen molar-refractivity contribution in [2.45, 2.75) is 71.3 Å². The number of rotatable bonds is 10. The number of hydrogen-bond donors (Lipinski definition) is 0. The molecule has 16 heavy (non-hydrogen) atoms. The molecule has 0 saturated heterocycles. The van der Waals surface area contributed by atoms with E-state index in [9.17, 15) is 4.79 Å². The van der Waals surface area contributed by atoms with Crippen LogP contribution in [0.2, 0.25) is 0 Å². The zero-order chi connectivity index (χ0) is 12.2. The van der Waals surface area contributed by atoms with Gasteiger partial charge >= 0.3 is 5.97 Å². The van der Waals surface area contributed by atoms with E-state index >= 15 is 0 Å². The van der Waals surface area contributed by atoms with Gasteiger partial charge in [0.1, 0.15) is 6.10 Å². The number of ether oxygens (including phenoxy) is 1. The Morgan fingerprint density at radius 3 is 2.38 bits per heavy atom. The summed E-state index contributed by atoms with van der Waals surface area (Å²) in [5, 5.41) is 0. The van der Waals surface area contributed by atoms with Crippen molar-refractivity contribution in [3.8, 4) is 0 Å². The molecule has 1 atom stereocenters. The Morgan fingerprint density at radius 2 is 1.81 bits per heavy atom. The molecule has 0 aliphatic carbocycles. The quantitative estimate of drug-likeness (QED) is 0.316. The van der Waals surface area contributed by atoms with Gasteiger partial charge in [-0.3, -0.25) is 0 Å². The molecule has 94 valence electrons. The van der Waals surface area contributed by atoms with E-state index in [1.54, 1.807) is 0 Å². The minimum Gasteiger partial charge on any atom is -0.459 e. The topological polar surface area (TPSA) is 26.3 Å². The van der Waals surface area contributed by atoms with Gasteiger partial charge in [0, 0.05) is 6.08 Å². The monoisotopic (exact) mass is 226 g/mol.